The predicted molar refractivity (Wildman–Crippen MR) is 75.0 cm³/mol. The lowest BCUT2D eigenvalue weighted by atomic mass is 9.92. The number of aryl methyl sites for hydroxylation is 1. The number of rotatable bonds is 6. The van der Waals surface area contributed by atoms with Gasteiger partial charge in [-0.15, -0.1) is 0 Å². The van der Waals surface area contributed by atoms with Crippen molar-refractivity contribution in [3.8, 4) is 0 Å². The van der Waals surface area contributed by atoms with Crippen LogP contribution < -0.4 is 5.32 Å². The van der Waals surface area contributed by atoms with Crippen molar-refractivity contribution in [2.24, 2.45) is 5.92 Å². The summed E-state index contributed by atoms with van der Waals surface area (Å²) in [5.74, 6) is -0.792. The van der Waals surface area contributed by atoms with Crippen LogP contribution in [0.25, 0.3) is 0 Å². The molecule has 0 saturated heterocycles. The zero-order chi connectivity index (χ0) is 14.6. The van der Waals surface area contributed by atoms with Crippen molar-refractivity contribution < 1.29 is 15.0 Å². The van der Waals surface area contributed by atoms with Gasteiger partial charge in [0.15, 0.2) is 0 Å². The standard InChI is InChI=1S/C15H23NO3/c1-9(2)13(16-11(4)15(18)19)14(17)12-7-5-10(3)6-8-12/h5-9,11,13-14,16-17H,1-4H3,(H,18,19). The molecule has 1 rings (SSSR count). The molecule has 0 radical (unpaired) electrons. The zero-order valence-corrected chi connectivity index (χ0v) is 11.9. The number of benzene rings is 1. The molecular formula is C15H23NO3. The van der Waals surface area contributed by atoms with Crippen LogP contribution in [-0.4, -0.2) is 28.3 Å². The fourth-order valence-corrected chi connectivity index (χ4v) is 1.98. The van der Waals surface area contributed by atoms with Crippen molar-refractivity contribution in [2.45, 2.75) is 45.9 Å². The van der Waals surface area contributed by atoms with E-state index in [9.17, 15) is 9.90 Å². The Bertz CT molecular complexity index is 414. The molecule has 4 heteroatoms. The van der Waals surface area contributed by atoms with Crippen LogP contribution in [0.3, 0.4) is 0 Å². The molecule has 0 fully saturated rings. The molecule has 1 aromatic carbocycles. The lowest BCUT2D eigenvalue weighted by molar-refractivity contribution is -0.139. The maximum absolute atomic E-state index is 10.9. The third-order valence-corrected chi connectivity index (χ3v) is 3.29. The van der Waals surface area contributed by atoms with Crippen LogP contribution in [0.15, 0.2) is 24.3 Å². The summed E-state index contributed by atoms with van der Waals surface area (Å²) in [6.45, 7) is 7.49. The first-order valence-corrected chi connectivity index (χ1v) is 6.56. The van der Waals surface area contributed by atoms with Crippen molar-refractivity contribution in [3.63, 3.8) is 0 Å². The Hall–Kier alpha value is -1.39. The summed E-state index contributed by atoms with van der Waals surface area (Å²) in [6, 6.07) is 6.65. The maximum atomic E-state index is 10.9. The molecule has 3 unspecified atom stereocenters. The van der Waals surface area contributed by atoms with Crippen molar-refractivity contribution in [1.82, 2.24) is 5.32 Å². The maximum Gasteiger partial charge on any atom is 0.320 e. The van der Waals surface area contributed by atoms with E-state index in [2.05, 4.69) is 5.32 Å². The van der Waals surface area contributed by atoms with E-state index in [1.54, 1.807) is 6.92 Å². The zero-order valence-electron chi connectivity index (χ0n) is 11.9. The van der Waals surface area contributed by atoms with Crippen molar-refractivity contribution in [3.05, 3.63) is 35.4 Å². The van der Waals surface area contributed by atoms with E-state index >= 15 is 0 Å². The van der Waals surface area contributed by atoms with E-state index < -0.39 is 18.1 Å². The summed E-state index contributed by atoms with van der Waals surface area (Å²) in [5.41, 5.74) is 1.93. The van der Waals surface area contributed by atoms with E-state index in [1.165, 1.54) is 0 Å². The van der Waals surface area contributed by atoms with E-state index in [1.807, 2.05) is 45.0 Å². The fourth-order valence-electron chi connectivity index (χ4n) is 1.98. The molecular weight excluding hydrogens is 242 g/mol. The Morgan fingerprint density at radius 2 is 1.68 bits per heavy atom. The van der Waals surface area contributed by atoms with E-state index in [0.29, 0.717) is 0 Å². The Morgan fingerprint density at radius 3 is 2.11 bits per heavy atom. The molecule has 0 aliphatic rings. The molecule has 0 saturated carbocycles. The minimum Gasteiger partial charge on any atom is -0.480 e. The minimum absolute atomic E-state index is 0.123. The van der Waals surface area contributed by atoms with Gasteiger partial charge in [0.25, 0.3) is 0 Å². The summed E-state index contributed by atoms with van der Waals surface area (Å²) in [6.07, 6.45) is -0.720. The van der Waals surface area contributed by atoms with Gasteiger partial charge >= 0.3 is 5.97 Å². The van der Waals surface area contributed by atoms with E-state index in [0.717, 1.165) is 11.1 Å². The van der Waals surface area contributed by atoms with Gasteiger partial charge in [-0.25, -0.2) is 0 Å². The van der Waals surface area contributed by atoms with Gasteiger partial charge in [0.2, 0.25) is 0 Å². The number of carboxylic acids is 1. The Balaban J connectivity index is 2.86. The number of aliphatic hydroxyl groups excluding tert-OH is 1. The van der Waals surface area contributed by atoms with Gasteiger partial charge in [0.1, 0.15) is 6.04 Å². The topological polar surface area (TPSA) is 69.6 Å². The van der Waals surface area contributed by atoms with Gasteiger partial charge in [0, 0.05) is 6.04 Å². The number of carbonyl (C=O) groups is 1. The predicted octanol–water partition coefficient (Wildman–Crippen LogP) is 2.12. The molecule has 0 spiro atoms. The normalized spacial score (nSPS) is 16.1. The molecule has 1 aromatic rings. The Kier molecular flexibility index (Phi) is 5.51. The molecule has 0 aliphatic carbocycles. The number of hydrogen-bond donors (Lipinski definition) is 3. The van der Waals surface area contributed by atoms with Crippen LogP contribution in [0.1, 0.15) is 38.0 Å². The molecule has 0 aromatic heterocycles. The third kappa shape index (κ3) is 4.33. The first kappa shape index (κ1) is 15.7. The average Bonchev–Trinajstić information content (AvgIpc) is 2.35. The number of carboxylic acid groups (broad SMARTS) is 1. The van der Waals surface area contributed by atoms with E-state index in [-0.39, 0.29) is 12.0 Å². The first-order chi connectivity index (χ1) is 8.82. The van der Waals surface area contributed by atoms with Crippen molar-refractivity contribution in [1.29, 1.82) is 0 Å². The largest absolute Gasteiger partial charge is 0.480 e. The van der Waals surface area contributed by atoms with Crippen LogP contribution >= 0.6 is 0 Å². The highest BCUT2D eigenvalue weighted by Gasteiger charge is 2.27. The van der Waals surface area contributed by atoms with Crippen LogP contribution in [0.4, 0.5) is 0 Å². The van der Waals surface area contributed by atoms with Gasteiger partial charge in [-0.05, 0) is 25.3 Å². The minimum atomic E-state index is -0.915. The summed E-state index contributed by atoms with van der Waals surface area (Å²) in [5, 5.41) is 22.4. The summed E-state index contributed by atoms with van der Waals surface area (Å²) in [4.78, 5) is 10.9. The highest BCUT2D eigenvalue weighted by molar-refractivity contribution is 5.72. The van der Waals surface area contributed by atoms with E-state index in [4.69, 9.17) is 5.11 Å². The highest BCUT2D eigenvalue weighted by Crippen LogP contribution is 2.22. The van der Waals surface area contributed by atoms with Crippen molar-refractivity contribution >= 4 is 5.97 Å². The number of hydrogen-bond acceptors (Lipinski definition) is 3. The van der Waals surface area contributed by atoms with Gasteiger partial charge < -0.3 is 10.2 Å². The molecule has 0 bridgehead atoms. The summed E-state index contributed by atoms with van der Waals surface area (Å²) in [7, 11) is 0. The highest BCUT2D eigenvalue weighted by atomic mass is 16.4. The SMILES string of the molecule is Cc1ccc(C(O)C(NC(C)C(=O)O)C(C)C)cc1. The molecule has 4 nitrogen and oxygen atoms in total. The number of nitrogens with one attached hydrogen (secondary N) is 1. The third-order valence-electron chi connectivity index (χ3n) is 3.29. The second kappa shape index (κ2) is 6.68. The Morgan fingerprint density at radius 1 is 1.16 bits per heavy atom. The summed E-state index contributed by atoms with van der Waals surface area (Å²) < 4.78 is 0. The number of aliphatic carboxylic acids is 1. The van der Waals surface area contributed by atoms with Crippen molar-refractivity contribution in [2.75, 3.05) is 0 Å². The van der Waals surface area contributed by atoms with Crippen LogP contribution in [-0.2, 0) is 4.79 Å². The second-order valence-electron chi connectivity index (χ2n) is 5.35. The first-order valence-electron chi connectivity index (χ1n) is 6.56. The number of aliphatic hydroxyl groups is 1. The molecule has 0 amide bonds. The summed E-state index contributed by atoms with van der Waals surface area (Å²) >= 11 is 0. The molecule has 3 atom stereocenters. The second-order valence-corrected chi connectivity index (χ2v) is 5.35. The molecule has 3 N–H and O–H groups in total. The fraction of sp³-hybridized carbons (Fsp3) is 0.533. The molecule has 0 heterocycles. The van der Waals surface area contributed by atoms with Crippen LogP contribution in [0, 0.1) is 12.8 Å². The van der Waals surface area contributed by atoms with Gasteiger partial charge in [0.05, 0.1) is 6.10 Å². The van der Waals surface area contributed by atoms with Gasteiger partial charge in [-0.3, -0.25) is 10.1 Å². The lowest BCUT2D eigenvalue weighted by Crippen LogP contribution is -2.47. The average molecular weight is 265 g/mol. The molecule has 106 valence electrons. The van der Waals surface area contributed by atoms with Crippen LogP contribution in [0.2, 0.25) is 0 Å². The monoisotopic (exact) mass is 265 g/mol. The molecule has 19 heavy (non-hydrogen) atoms. The molecule has 0 aliphatic heterocycles. The Labute approximate surface area is 114 Å². The smallest absolute Gasteiger partial charge is 0.320 e. The quantitative estimate of drug-likeness (QED) is 0.737. The lowest BCUT2D eigenvalue weighted by Gasteiger charge is -2.29. The van der Waals surface area contributed by atoms with Gasteiger partial charge in [-0.1, -0.05) is 43.7 Å². The van der Waals surface area contributed by atoms with Gasteiger partial charge in [-0.2, -0.15) is 0 Å². The van der Waals surface area contributed by atoms with Crippen LogP contribution in [0.5, 0.6) is 0 Å².